The maximum atomic E-state index is 5.29. The van der Waals surface area contributed by atoms with Crippen molar-refractivity contribution in [1.29, 1.82) is 0 Å². The maximum absolute atomic E-state index is 5.29. The lowest BCUT2D eigenvalue weighted by molar-refractivity contribution is 0.138. The van der Waals surface area contributed by atoms with E-state index < -0.39 is 0 Å². The van der Waals surface area contributed by atoms with Gasteiger partial charge in [-0.15, -0.1) is 0 Å². The van der Waals surface area contributed by atoms with E-state index in [2.05, 4.69) is 32.7 Å². The fourth-order valence-corrected chi connectivity index (χ4v) is 3.11. The molecule has 2 rings (SSSR count). The SMILES string of the molecule is CCNC(=NCc1ccn[nH]1)NCC1(CCOC)CCCC1. The average Bonchev–Trinajstić information content (AvgIpc) is 3.20. The van der Waals surface area contributed by atoms with Gasteiger partial charge in [-0.3, -0.25) is 5.10 Å². The van der Waals surface area contributed by atoms with Crippen molar-refractivity contribution in [3.63, 3.8) is 0 Å². The topological polar surface area (TPSA) is 74.3 Å². The number of H-pyrrole nitrogens is 1. The van der Waals surface area contributed by atoms with Gasteiger partial charge in [-0.2, -0.15) is 5.10 Å². The third-order valence-corrected chi connectivity index (χ3v) is 4.44. The predicted molar refractivity (Wildman–Crippen MR) is 88.8 cm³/mol. The van der Waals surface area contributed by atoms with Gasteiger partial charge in [0.25, 0.3) is 0 Å². The Bertz CT molecular complexity index is 437. The Balaban J connectivity index is 1.90. The van der Waals surface area contributed by atoms with Crippen molar-refractivity contribution < 1.29 is 4.74 Å². The van der Waals surface area contributed by atoms with Crippen LogP contribution in [0.5, 0.6) is 0 Å². The van der Waals surface area contributed by atoms with Gasteiger partial charge in [0.05, 0.1) is 12.2 Å². The molecule has 6 nitrogen and oxygen atoms in total. The minimum atomic E-state index is 0.361. The van der Waals surface area contributed by atoms with E-state index in [4.69, 9.17) is 4.74 Å². The number of aliphatic imine (C=N–C) groups is 1. The molecule has 124 valence electrons. The highest BCUT2D eigenvalue weighted by Gasteiger charge is 2.33. The Morgan fingerprint density at radius 3 is 2.86 bits per heavy atom. The van der Waals surface area contributed by atoms with Gasteiger partial charge >= 0.3 is 0 Å². The first kappa shape index (κ1) is 16.8. The third-order valence-electron chi connectivity index (χ3n) is 4.44. The van der Waals surface area contributed by atoms with Crippen LogP contribution >= 0.6 is 0 Å². The van der Waals surface area contributed by atoms with Crippen LogP contribution in [-0.2, 0) is 11.3 Å². The van der Waals surface area contributed by atoms with Crippen LogP contribution in [0.1, 0.15) is 44.7 Å². The largest absolute Gasteiger partial charge is 0.385 e. The summed E-state index contributed by atoms with van der Waals surface area (Å²) in [5, 5.41) is 13.7. The summed E-state index contributed by atoms with van der Waals surface area (Å²) in [6.07, 6.45) is 8.09. The van der Waals surface area contributed by atoms with Crippen molar-refractivity contribution in [2.24, 2.45) is 10.4 Å². The maximum Gasteiger partial charge on any atom is 0.191 e. The first-order valence-electron chi connectivity index (χ1n) is 8.27. The monoisotopic (exact) mass is 307 g/mol. The summed E-state index contributed by atoms with van der Waals surface area (Å²) < 4.78 is 5.29. The first-order valence-corrected chi connectivity index (χ1v) is 8.27. The molecule has 1 heterocycles. The number of ether oxygens (including phenoxy) is 1. The van der Waals surface area contributed by atoms with Crippen LogP contribution in [0.3, 0.4) is 0 Å². The van der Waals surface area contributed by atoms with E-state index in [1.165, 1.54) is 25.7 Å². The molecule has 0 spiro atoms. The molecule has 0 bridgehead atoms. The second-order valence-electron chi connectivity index (χ2n) is 6.08. The first-order chi connectivity index (χ1) is 10.8. The van der Waals surface area contributed by atoms with Crippen LogP contribution < -0.4 is 10.6 Å². The fraction of sp³-hybridized carbons (Fsp3) is 0.750. The van der Waals surface area contributed by atoms with Gasteiger partial charge in [0.1, 0.15) is 0 Å². The average molecular weight is 307 g/mol. The molecule has 1 saturated carbocycles. The van der Waals surface area contributed by atoms with Gasteiger partial charge in [-0.1, -0.05) is 12.8 Å². The van der Waals surface area contributed by atoms with Gasteiger partial charge in [-0.05, 0) is 37.7 Å². The molecule has 0 radical (unpaired) electrons. The molecule has 1 aromatic heterocycles. The second kappa shape index (κ2) is 8.78. The van der Waals surface area contributed by atoms with E-state index in [1.807, 2.05) is 6.07 Å². The summed E-state index contributed by atoms with van der Waals surface area (Å²) >= 11 is 0. The highest BCUT2D eigenvalue weighted by atomic mass is 16.5. The molecule has 0 atom stereocenters. The van der Waals surface area contributed by atoms with Crippen LogP contribution in [-0.4, -0.2) is 43.0 Å². The number of methoxy groups -OCH3 is 1. The molecule has 1 aliphatic carbocycles. The van der Waals surface area contributed by atoms with Gasteiger partial charge in [0, 0.05) is 33.0 Å². The molecule has 1 aliphatic rings. The van der Waals surface area contributed by atoms with Crippen molar-refractivity contribution in [2.45, 2.75) is 45.6 Å². The van der Waals surface area contributed by atoms with E-state index >= 15 is 0 Å². The van der Waals surface area contributed by atoms with Crippen LogP contribution in [0, 0.1) is 5.41 Å². The van der Waals surface area contributed by atoms with E-state index in [9.17, 15) is 0 Å². The highest BCUT2D eigenvalue weighted by molar-refractivity contribution is 5.79. The third kappa shape index (κ3) is 5.02. The second-order valence-corrected chi connectivity index (χ2v) is 6.08. The lowest BCUT2D eigenvalue weighted by Gasteiger charge is -2.30. The number of hydrogen-bond donors (Lipinski definition) is 3. The highest BCUT2D eigenvalue weighted by Crippen LogP contribution is 2.40. The smallest absolute Gasteiger partial charge is 0.191 e. The zero-order valence-electron chi connectivity index (χ0n) is 13.8. The molecule has 22 heavy (non-hydrogen) atoms. The lowest BCUT2D eigenvalue weighted by atomic mass is 9.83. The minimum absolute atomic E-state index is 0.361. The molecule has 1 fully saturated rings. The molecule has 0 saturated heterocycles. The van der Waals surface area contributed by atoms with Crippen molar-refractivity contribution in [3.05, 3.63) is 18.0 Å². The molecule has 1 aromatic rings. The summed E-state index contributed by atoms with van der Waals surface area (Å²) in [6, 6.07) is 1.95. The Labute approximate surface area is 133 Å². The van der Waals surface area contributed by atoms with Crippen LogP contribution in [0.4, 0.5) is 0 Å². The number of aromatic amines is 1. The molecule has 0 aromatic carbocycles. The lowest BCUT2D eigenvalue weighted by Crippen LogP contribution is -2.43. The van der Waals surface area contributed by atoms with Crippen LogP contribution in [0.2, 0.25) is 0 Å². The van der Waals surface area contributed by atoms with E-state index in [0.717, 1.165) is 37.8 Å². The van der Waals surface area contributed by atoms with Crippen molar-refractivity contribution in [1.82, 2.24) is 20.8 Å². The normalized spacial score (nSPS) is 17.6. The number of rotatable bonds is 8. The molecule has 6 heteroatoms. The molecular formula is C16H29N5O. The Morgan fingerprint density at radius 1 is 1.41 bits per heavy atom. The Kier molecular flexibility index (Phi) is 6.71. The van der Waals surface area contributed by atoms with E-state index in [0.29, 0.717) is 12.0 Å². The summed E-state index contributed by atoms with van der Waals surface area (Å²) in [6.45, 7) is 5.36. The van der Waals surface area contributed by atoms with Gasteiger partial charge in [0.15, 0.2) is 5.96 Å². The molecule has 0 aliphatic heterocycles. The number of nitrogens with one attached hydrogen (secondary N) is 3. The summed E-state index contributed by atoms with van der Waals surface area (Å²) in [5.41, 5.74) is 1.38. The molecular weight excluding hydrogens is 278 g/mol. The zero-order chi connectivity index (χ0) is 15.7. The van der Waals surface area contributed by atoms with Gasteiger partial charge in [-0.25, -0.2) is 4.99 Å². The van der Waals surface area contributed by atoms with E-state index in [-0.39, 0.29) is 0 Å². The van der Waals surface area contributed by atoms with Crippen molar-refractivity contribution in [3.8, 4) is 0 Å². The van der Waals surface area contributed by atoms with Crippen molar-refractivity contribution in [2.75, 3.05) is 26.8 Å². The molecule has 0 unspecified atom stereocenters. The van der Waals surface area contributed by atoms with Gasteiger partial charge in [0.2, 0.25) is 0 Å². The minimum Gasteiger partial charge on any atom is -0.385 e. The molecule has 3 N–H and O–H groups in total. The van der Waals surface area contributed by atoms with Crippen LogP contribution in [0.15, 0.2) is 17.3 Å². The standard InChI is InChI=1S/C16H29N5O/c1-3-17-15(18-12-14-6-10-20-21-14)19-13-16(9-11-22-2)7-4-5-8-16/h6,10H,3-5,7-9,11-13H2,1-2H3,(H,20,21)(H2,17,18,19). The van der Waals surface area contributed by atoms with Crippen LogP contribution in [0.25, 0.3) is 0 Å². The fourth-order valence-electron chi connectivity index (χ4n) is 3.11. The summed E-state index contributed by atoms with van der Waals surface area (Å²) in [4.78, 5) is 4.62. The predicted octanol–water partition coefficient (Wildman–Crippen LogP) is 2.06. The Hall–Kier alpha value is -1.56. The quantitative estimate of drug-likeness (QED) is 0.508. The number of aromatic nitrogens is 2. The van der Waals surface area contributed by atoms with Gasteiger partial charge < -0.3 is 15.4 Å². The summed E-state index contributed by atoms with van der Waals surface area (Å²) in [7, 11) is 1.78. The van der Waals surface area contributed by atoms with E-state index in [1.54, 1.807) is 13.3 Å². The Morgan fingerprint density at radius 2 is 2.23 bits per heavy atom. The summed E-state index contributed by atoms with van der Waals surface area (Å²) in [5.74, 6) is 0.876. The number of guanidine groups is 1. The van der Waals surface area contributed by atoms with Crippen molar-refractivity contribution >= 4 is 5.96 Å². The number of hydrogen-bond acceptors (Lipinski definition) is 3. The zero-order valence-corrected chi connectivity index (χ0v) is 13.8. The number of nitrogens with zero attached hydrogens (tertiary/aromatic N) is 2. The molecule has 0 amide bonds.